The summed E-state index contributed by atoms with van der Waals surface area (Å²) in [5.74, 6) is -0.915. The average Bonchev–Trinajstić information content (AvgIpc) is 3.23. The molecule has 3 aromatic heterocycles. The number of carbonyl (C=O) groups is 1. The molecule has 0 aliphatic heterocycles. The third-order valence-corrected chi connectivity index (χ3v) is 6.27. The first kappa shape index (κ1) is 21.3. The van der Waals surface area contributed by atoms with Crippen LogP contribution in [0.2, 0.25) is 0 Å². The Morgan fingerprint density at radius 3 is 2.82 bits per heavy atom. The van der Waals surface area contributed by atoms with Crippen LogP contribution in [-0.2, 0) is 13.1 Å². The molecule has 0 atom stereocenters. The number of pyridine rings is 1. The molecule has 1 aliphatic carbocycles. The van der Waals surface area contributed by atoms with E-state index in [9.17, 15) is 14.0 Å². The highest BCUT2D eigenvalue weighted by Gasteiger charge is 2.15. The number of aromatic nitrogens is 3. The molecule has 5 rings (SSSR count). The van der Waals surface area contributed by atoms with E-state index in [0.717, 1.165) is 23.1 Å². The van der Waals surface area contributed by atoms with Gasteiger partial charge < -0.3 is 15.6 Å². The zero-order chi connectivity index (χ0) is 22.8. The van der Waals surface area contributed by atoms with Crippen LogP contribution in [0.25, 0.3) is 16.6 Å². The lowest BCUT2D eigenvalue weighted by Gasteiger charge is -2.22. The number of benzene rings is 1. The summed E-state index contributed by atoms with van der Waals surface area (Å²) in [4.78, 5) is 32.4. The van der Waals surface area contributed by atoms with Crippen molar-refractivity contribution in [1.29, 1.82) is 0 Å². The van der Waals surface area contributed by atoms with Gasteiger partial charge in [-0.2, -0.15) is 0 Å². The number of amides is 1. The Balaban J connectivity index is 1.28. The average molecular weight is 448 g/mol. The maximum atomic E-state index is 14.7. The monoisotopic (exact) mass is 447 g/mol. The maximum absolute atomic E-state index is 14.7. The molecule has 0 radical (unpaired) electrons. The van der Waals surface area contributed by atoms with E-state index in [-0.39, 0.29) is 23.6 Å². The van der Waals surface area contributed by atoms with E-state index in [2.05, 4.69) is 20.6 Å². The zero-order valence-electron chi connectivity index (χ0n) is 18.2. The number of hydrogen-bond acceptors (Lipinski definition) is 4. The molecule has 0 unspecified atom stereocenters. The summed E-state index contributed by atoms with van der Waals surface area (Å²) in [7, 11) is 0. The van der Waals surface area contributed by atoms with Gasteiger partial charge in [0.2, 0.25) is 0 Å². The Kier molecular flexibility index (Phi) is 5.92. The molecule has 3 heterocycles. The van der Waals surface area contributed by atoms with Crippen molar-refractivity contribution in [2.24, 2.45) is 0 Å². The van der Waals surface area contributed by atoms with Crippen molar-refractivity contribution in [3.8, 4) is 0 Å². The number of aromatic amines is 1. The van der Waals surface area contributed by atoms with Gasteiger partial charge in [-0.3, -0.25) is 14.0 Å². The summed E-state index contributed by atoms with van der Waals surface area (Å²) in [5, 5.41) is 7.06. The number of carbonyl (C=O) groups excluding carboxylic acids is 1. The molecule has 1 amide bonds. The lowest BCUT2D eigenvalue weighted by atomic mass is 9.95. The quantitative estimate of drug-likeness (QED) is 0.421. The van der Waals surface area contributed by atoms with Crippen LogP contribution in [0.4, 0.5) is 4.39 Å². The smallest absolute Gasteiger partial charge is 0.270 e. The van der Waals surface area contributed by atoms with Crippen LogP contribution in [-0.4, -0.2) is 26.3 Å². The fraction of sp³-hybridized carbons (Fsp3) is 0.320. The fourth-order valence-electron chi connectivity index (χ4n) is 4.49. The van der Waals surface area contributed by atoms with Crippen LogP contribution in [0.1, 0.15) is 53.8 Å². The molecular formula is C25H26FN5O2. The topological polar surface area (TPSA) is 91.3 Å². The van der Waals surface area contributed by atoms with Gasteiger partial charge in [-0.25, -0.2) is 9.37 Å². The first-order valence-electron chi connectivity index (χ1n) is 11.4. The normalized spacial score (nSPS) is 14.7. The minimum Gasteiger partial charge on any atom is -0.357 e. The van der Waals surface area contributed by atoms with Crippen molar-refractivity contribution in [1.82, 2.24) is 25.0 Å². The summed E-state index contributed by atoms with van der Waals surface area (Å²) in [6.07, 6.45) is 7.86. The highest BCUT2D eigenvalue weighted by molar-refractivity contribution is 5.92. The highest BCUT2D eigenvalue weighted by atomic mass is 19.1. The SMILES string of the molecule is O=C(NCc1cc2[nH]c(CNC3CCCCC3)cc2cc1F)c1cc(=O)n2ccccc2n1. The number of fused-ring (bicyclic) bond motifs is 2. The molecule has 0 spiro atoms. The molecule has 33 heavy (non-hydrogen) atoms. The van der Waals surface area contributed by atoms with Gasteiger partial charge in [0.1, 0.15) is 17.2 Å². The molecule has 7 nitrogen and oxygen atoms in total. The van der Waals surface area contributed by atoms with Gasteiger partial charge in [0.05, 0.1) is 0 Å². The van der Waals surface area contributed by atoms with E-state index in [0.29, 0.717) is 17.3 Å². The van der Waals surface area contributed by atoms with Crippen LogP contribution in [0.5, 0.6) is 0 Å². The van der Waals surface area contributed by atoms with Crippen molar-refractivity contribution in [2.45, 2.75) is 51.2 Å². The van der Waals surface area contributed by atoms with Crippen LogP contribution < -0.4 is 16.2 Å². The second-order valence-corrected chi connectivity index (χ2v) is 8.63. The van der Waals surface area contributed by atoms with E-state index >= 15 is 0 Å². The van der Waals surface area contributed by atoms with Crippen LogP contribution in [0, 0.1) is 5.82 Å². The zero-order valence-corrected chi connectivity index (χ0v) is 18.2. The van der Waals surface area contributed by atoms with Crippen LogP contribution in [0.3, 0.4) is 0 Å². The lowest BCUT2D eigenvalue weighted by molar-refractivity contribution is 0.0945. The fourth-order valence-corrected chi connectivity index (χ4v) is 4.49. The van der Waals surface area contributed by atoms with Crippen LogP contribution in [0.15, 0.2) is 53.5 Å². The van der Waals surface area contributed by atoms with E-state index < -0.39 is 5.91 Å². The first-order chi connectivity index (χ1) is 16.1. The molecule has 8 heteroatoms. The number of hydrogen-bond donors (Lipinski definition) is 3. The predicted molar refractivity (Wildman–Crippen MR) is 125 cm³/mol. The number of halogens is 1. The minimum atomic E-state index is -0.526. The molecule has 3 N–H and O–H groups in total. The largest absolute Gasteiger partial charge is 0.357 e. The Labute approximate surface area is 190 Å². The molecular weight excluding hydrogens is 421 g/mol. The summed E-state index contributed by atoms with van der Waals surface area (Å²) < 4.78 is 16.0. The van der Waals surface area contributed by atoms with Gasteiger partial charge in [-0.05, 0) is 43.2 Å². The molecule has 0 saturated heterocycles. The number of rotatable bonds is 6. The van der Waals surface area contributed by atoms with Crippen molar-refractivity contribution in [2.75, 3.05) is 0 Å². The summed E-state index contributed by atoms with van der Waals surface area (Å²) in [6.45, 7) is 0.710. The molecule has 1 saturated carbocycles. The van der Waals surface area contributed by atoms with E-state index in [1.807, 2.05) is 6.07 Å². The Morgan fingerprint density at radius 2 is 1.97 bits per heavy atom. The van der Waals surface area contributed by atoms with Gasteiger partial charge in [0.15, 0.2) is 0 Å². The Hall–Kier alpha value is -3.52. The van der Waals surface area contributed by atoms with Gasteiger partial charge >= 0.3 is 0 Å². The van der Waals surface area contributed by atoms with Crippen LogP contribution >= 0.6 is 0 Å². The standard InChI is InChI=1S/C25H26FN5O2/c26-20-11-16-10-19(15-27-18-6-2-1-3-7-18)29-21(16)12-17(20)14-28-25(33)22-13-24(32)31-9-5-4-8-23(31)30-22/h4-5,8-13,18,27,29H,1-3,6-7,14-15H2,(H,28,33). The molecule has 170 valence electrons. The molecule has 4 aromatic rings. The number of H-pyrrole nitrogens is 1. The third-order valence-electron chi connectivity index (χ3n) is 6.27. The molecule has 1 aliphatic rings. The van der Waals surface area contributed by atoms with Crippen molar-refractivity contribution in [3.05, 3.63) is 81.8 Å². The lowest BCUT2D eigenvalue weighted by Crippen LogP contribution is -2.30. The number of nitrogens with zero attached hydrogens (tertiary/aromatic N) is 2. The number of nitrogens with one attached hydrogen (secondary N) is 3. The second kappa shape index (κ2) is 9.15. The van der Waals surface area contributed by atoms with E-state index in [1.54, 1.807) is 30.5 Å². The Morgan fingerprint density at radius 1 is 1.12 bits per heavy atom. The Bertz CT molecular complexity index is 1370. The molecule has 1 fully saturated rings. The van der Waals surface area contributed by atoms with Crippen molar-refractivity contribution in [3.63, 3.8) is 0 Å². The summed E-state index contributed by atoms with van der Waals surface area (Å²) in [5.41, 5.74) is 2.23. The van der Waals surface area contributed by atoms with Crippen molar-refractivity contribution >= 4 is 22.5 Å². The first-order valence-corrected chi connectivity index (χ1v) is 11.4. The van der Waals surface area contributed by atoms with Gasteiger partial charge in [-0.15, -0.1) is 0 Å². The molecule has 1 aromatic carbocycles. The second-order valence-electron chi connectivity index (χ2n) is 8.63. The van der Waals surface area contributed by atoms with Gasteiger partial charge in [-0.1, -0.05) is 25.3 Å². The van der Waals surface area contributed by atoms with E-state index in [1.165, 1.54) is 48.6 Å². The van der Waals surface area contributed by atoms with Gasteiger partial charge in [0.25, 0.3) is 11.5 Å². The van der Waals surface area contributed by atoms with Gasteiger partial charge in [0, 0.05) is 53.6 Å². The summed E-state index contributed by atoms with van der Waals surface area (Å²) in [6, 6.07) is 12.0. The van der Waals surface area contributed by atoms with Crippen molar-refractivity contribution < 1.29 is 9.18 Å². The molecule has 0 bridgehead atoms. The highest BCUT2D eigenvalue weighted by Crippen LogP contribution is 2.22. The minimum absolute atomic E-state index is 0.00336. The third kappa shape index (κ3) is 4.66. The summed E-state index contributed by atoms with van der Waals surface area (Å²) >= 11 is 0. The maximum Gasteiger partial charge on any atom is 0.270 e. The predicted octanol–water partition coefficient (Wildman–Crippen LogP) is 3.67. The van der Waals surface area contributed by atoms with E-state index in [4.69, 9.17) is 0 Å².